The summed E-state index contributed by atoms with van der Waals surface area (Å²) >= 11 is 0. The van der Waals surface area contributed by atoms with Gasteiger partial charge in [0.15, 0.2) is 0 Å². The predicted molar refractivity (Wildman–Crippen MR) is 100 cm³/mol. The Morgan fingerprint density at radius 2 is 1.17 bits per heavy atom. The standard InChI is InChI=1S/C20H41NO2/c1-4-6-8-10-12-14-16-21(19(3)18-20(22)23)17-15-13-11-9-7-5-2/h19H,4-18H2,1-3H3,(H,22,23). The first-order valence-corrected chi connectivity index (χ1v) is 10.1. The first kappa shape index (κ1) is 22.4. The third kappa shape index (κ3) is 14.7. The molecule has 23 heavy (non-hydrogen) atoms. The maximum Gasteiger partial charge on any atom is 0.304 e. The molecule has 3 heteroatoms. The van der Waals surface area contributed by atoms with Crippen molar-refractivity contribution in [2.45, 2.75) is 110 Å². The van der Waals surface area contributed by atoms with Gasteiger partial charge in [-0.2, -0.15) is 0 Å². The van der Waals surface area contributed by atoms with Crippen LogP contribution < -0.4 is 0 Å². The van der Waals surface area contributed by atoms with Gasteiger partial charge in [0.05, 0.1) is 6.42 Å². The molecule has 0 aromatic rings. The molecule has 0 spiro atoms. The van der Waals surface area contributed by atoms with E-state index in [-0.39, 0.29) is 12.5 Å². The number of nitrogens with zero attached hydrogens (tertiary/aromatic N) is 1. The van der Waals surface area contributed by atoms with Crippen LogP contribution in [0.5, 0.6) is 0 Å². The summed E-state index contributed by atoms with van der Waals surface area (Å²) in [7, 11) is 0. The van der Waals surface area contributed by atoms with Crippen molar-refractivity contribution in [2.75, 3.05) is 13.1 Å². The number of carbonyl (C=O) groups is 1. The van der Waals surface area contributed by atoms with Crippen molar-refractivity contribution in [2.24, 2.45) is 0 Å². The van der Waals surface area contributed by atoms with Crippen LogP contribution in [0.15, 0.2) is 0 Å². The smallest absolute Gasteiger partial charge is 0.304 e. The van der Waals surface area contributed by atoms with Gasteiger partial charge in [-0.1, -0.05) is 78.1 Å². The van der Waals surface area contributed by atoms with Crippen molar-refractivity contribution in [1.82, 2.24) is 4.90 Å². The third-order valence-electron chi connectivity index (χ3n) is 4.69. The molecule has 0 aromatic carbocycles. The van der Waals surface area contributed by atoms with Crippen molar-refractivity contribution < 1.29 is 9.90 Å². The molecule has 1 unspecified atom stereocenters. The van der Waals surface area contributed by atoms with E-state index in [2.05, 4.69) is 25.7 Å². The molecular formula is C20H41NO2. The Kier molecular flexibility index (Phi) is 15.9. The largest absolute Gasteiger partial charge is 0.481 e. The van der Waals surface area contributed by atoms with Crippen LogP contribution in [-0.4, -0.2) is 35.1 Å². The van der Waals surface area contributed by atoms with Crippen LogP contribution in [0, 0.1) is 0 Å². The van der Waals surface area contributed by atoms with Crippen LogP contribution in [0.2, 0.25) is 0 Å². The van der Waals surface area contributed by atoms with E-state index in [0.29, 0.717) is 0 Å². The van der Waals surface area contributed by atoms with E-state index >= 15 is 0 Å². The van der Waals surface area contributed by atoms with Crippen LogP contribution in [0.4, 0.5) is 0 Å². The zero-order chi connectivity index (χ0) is 17.3. The van der Waals surface area contributed by atoms with Gasteiger partial charge in [-0.05, 0) is 32.9 Å². The fourth-order valence-electron chi connectivity index (χ4n) is 3.12. The van der Waals surface area contributed by atoms with Gasteiger partial charge in [0, 0.05) is 6.04 Å². The van der Waals surface area contributed by atoms with E-state index in [4.69, 9.17) is 5.11 Å². The molecule has 1 N–H and O–H groups in total. The van der Waals surface area contributed by atoms with E-state index < -0.39 is 5.97 Å². The summed E-state index contributed by atoms with van der Waals surface area (Å²) in [6.45, 7) is 8.69. The van der Waals surface area contributed by atoms with Crippen molar-refractivity contribution in [3.8, 4) is 0 Å². The normalized spacial score (nSPS) is 12.7. The molecule has 1 atom stereocenters. The third-order valence-corrected chi connectivity index (χ3v) is 4.69. The van der Waals surface area contributed by atoms with Gasteiger partial charge < -0.3 is 10.0 Å². The minimum atomic E-state index is -0.673. The second-order valence-corrected chi connectivity index (χ2v) is 7.02. The molecule has 0 rings (SSSR count). The van der Waals surface area contributed by atoms with E-state index in [1.165, 1.54) is 77.0 Å². The molecule has 3 nitrogen and oxygen atoms in total. The SMILES string of the molecule is CCCCCCCCN(CCCCCCCC)C(C)CC(=O)O. The van der Waals surface area contributed by atoms with Crippen LogP contribution in [0.3, 0.4) is 0 Å². The van der Waals surface area contributed by atoms with Crippen molar-refractivity contribution in [1.29, 1.82) is 0 Å². The lowest BCUT2D eigenvalue weighted by Crippen LogP contribution is -2.36. The molecule has 0 radical (unpaired) electrons. The maximum absolute atomic E-state index is 11.0. The highest BCUT2D eigenvalue weighted by atomic mass is 16.4. The highest BCUT2D eigenvalue weighted by molar-refractivity contribution is 5.67. The molecule has 0 bridgehead atoms. The van der Waals surface area contributed by atoms with Gasteiger partial charge in [-0.15, -0.1) is 0 Å². The Hall–Kier alpha value is -0.570. The molecule has 0 aliphatic heterocycles. The van der Waals surface area contributed by atoms with Crippen LogP contribution in [0.25, 0.3) is 0 Å². The molecule has 0 aliphatic rings. The highest BCUT2D eigenvalue weighted by Gasteiger charge is 2.16. The molecule has 0 saturated carbocycles. The number of unbranched alkanes of at least 4 members (excludes halogenated alkanes) is 10. The van der Waals surface area contributed by atoms with Gasteiger partial charge in [0.2, 0.25) is 0 Å². The lowest BCUT2D eigenvalue weighted by molar-refractivity contribution is -0.138. The van der Waals surface area contributed by atoms with Crippen LogP contribution in [-0.2, 0) is 4.79 Å². The first-order chi connectivity index (χ1) is 11.1. The Bertz CT molecular complexity index is 252. The fraction of sp³-hybridized carbons (Fsp3) is 0.950. The molecule has 0 saturated heterocycles. The quantitative estimate of drug-likeness (QED) is 0.339. The maximum atomic E-state index is 11.0. The number of aliphatic carboxylic acids is 1. The summed E-state index contributed by atoms with van der Waals surface area (Å²) < 4.78 is 0. The average Bonchev–Trinajstić information content (AvgIpc) is 2.51. The summed E-state index contributed by atoms with van der Waals surface area (Å²) in [4.78, 5) is 13.4. The number of hydrogen-bond acceptors (Lipinski definition) is 2. The predicted octanol–water partition coefficient (Wildman–Crippen LogP) is 5.87. The lowest BCUT2D eigenvalue weighted by Gasteiger charge is -2.28. The van der Waals surface area contributed by atoms with Gasteiger partial charge in [-0.25, -0.2) is 0 Å². The molecule has 138 valence electrons. The van der Waals surface area contributed by atoms with Crippen LogP contribution in [0.1, 0.15) is 104 Å². The molecular weight excluding hydrogens is 286 g/mol. The Morgan fingerprint density at radius 1 is 0.783 bits per heavy atom. The van der Waals surface area contributed by atoms with E-state index in [0.717, 1.165) is 13.1 Å². The van der Waals surface area contributed by atoms with Crippen molar-refractivity contribution in [3.63, 3.8) is 0 Å². The van der Waals surface area contributed by atoms with Gasteiger partial charge >= 0.3 is 5.97 Å². The number of rotatable bonds is 17. The molecule has 0 fully saturated rings. The molecule has 0 aliphatic carbocycles. The van der Waals surface area contributed by atoms with E-state index in [1.54, 1.807) is 0 Å². The Balaban J connectivity index is 3.96. The van der Waals surface area contributed by atoms with Gasteiger partial charge in [0.25, 0.3) is 0 Å². The highest BCUT2D eigenvalue weighted by Crippen LogP contribution is 2.12. The minimum absolute atomic E-state index is 0.166. The minimum Gasteiger partial charge on any atom is -0.481 e. The van der Waals surface area contributed by atoms with Gasteiger partial charge in [0.1, 0.15) is 0 Å². The van der Waals surface area contributed by atoms with E-state index in [9.17, 15) is 4.79 Å². The number of carboxylic acids is 1. The zero-order valence-corrected chi connectivity index (χ0v) is 16.0. The Labute approximate surface area is 144 Å². The molecule has 0 amide bonds. The van der Waals surface area contributed by atoms with E-state index in [1.807, 2.05) is 0 Å². The molecule has 0 aromatic heterocycles. The zero-order valence-electron chi connectivity index (χ0n) is 16.0. The Morgan fingerprint density at radius 3 is 1.57 bits per heavy atom. The first-order valence-electron chi connectivity index (χ1n) is 10.1. The average molecular weight is 328 g/mol. The van der Waals surface area contributed by atoms with Crippen LogP contribution >= 0.6 is 0 Å². The lowest BCUT2D eigenvalue weighted by atomic mass is 10.1. The molecule has 0 heterocycles. The summed E-state index contributed by atoms with van der Waals surface area (Å²) in [5.41, 5.74) is 0. The summed E-state index contributed by atoms with van der Waals surface area (Å²) in [6.07, 6.45) is 15.9. The number of hydrogen-bond donors (Lipinski definition) is 1. The second-order valence-electron chi connectivity index (χ2n) is 7.02. The van der Waals surface area contributed by atoms with Gasteiger partial charge in [-0.3, -0.25) is 4.79 Å². The summed E-state index contributed by atoms with van der Waals surface area (Å²) in [6, 6.07) is 0.166. The van der Waals surface area contributed by atoms with Crippen molar-refractivity contribution >= 4 is 5.97 Å². The second kappa shape index (κ2) is 16.3. The van der Waals surface area contributed by atoms with Crippen molar-refractivity contribution in [3.05, 3.63) is 0 Å². The topological polar surface area (TPSA) is 40.5 Å². The summed E-state index contributed by atoms with van der Waals surface area (Å²) in [5, 5.41) is 9.04. The fourth-order valence-corrected chi connectivity index (χ4v) is 3.12. The number of carboxylic acid groups (broad SMARTS) is 1. The summed E-state index contributed by atoms with van der Waals surface area (Å²) in [5.74, 6) is -0.673. The monoisotopic (exact) mass is 327 g/mol.